The van der Waals surface area contributed by atoms with Crippen LogP contribution < -0.4 is 5.32 Å². The van der Waals surface area contributed by atoms with Crippen LogP contribution in [0.4, 0.5) is 0 Å². The van der Waals surface area contributed by atoms with Crippen LogP contribution in [0, 0.1) is 0 Å². The van der Waals surface area contributed by atoms with Crippen LogP contribution in [0.2, 0.25) is 0 Å². The van der Waals surface area contributed by atoms with Crippen molar-refractivity contribution in [2.75, 3.05) is 6.54 Å². The number of hydrogen-bond acceptors (Lipinski definition) is 3. The van der Waals surface area contributed by atoms with Gasteiger partial charge in [-0.25, -0.2) is 4.98 Å². The fourth-order valence-corrected chi connectivity index (χ4v) is 2.51. The standard InChI is InChI=1S/C13H21N3S/c1-13(2,3)14-7-5-4-6-11-10-16-8-9-17-12(16)15-11/h8-10,14H,4-7H2,1-3H3. The summed E-state index contributed by atoms with van der Waals surface area (Å²) in [5.41, 5.74) is 1.45. The van der Waals surface area contributed by atoms with Crippen LogP contribution in [-0.4, -0.2) is 21.5 Å². The summed E-state index contributed by atoms with van der Waals surface area (Å²) in [5.74, 6) is 0. The van der Waals surface area contributed by atoms with Crippen LogP contribution in [-0.2, 0) is 6.42 Å². The molecule has 2 heterocycles. The minimum absolute atomic E-state index is 0.233. The lowest BCUT2D eigenvalue weighted by Gasteiger charge is -2.20. The van der Waals surface area contributed by atoms with E-state index < -0.39 is 0 Å². The van der Waals surface area contributed by atoms with E-state index in [2.05, 4.69) is 53.2 Å². The lowest BCUT2D eigenvalue weighted by molar-refractivity contribution is 0.418. The smallest absolute Gasteiger partial charge is 0.193 e. The Morgan fingerprint density at radius 2 is 2.18 bits per heavy atom. The van der Waals surface area contributed by atoms with Crippen LogP contribution >= 0.6 is 11.3 Å². The van der Waals surface area contributed by atoms with Crippen molar-refractivity contribution in [2.24, 2.45) is 0 Å². The number of imidazole rings is 1. The molecular weight excluding hydrogens is 230 g/mol. The Balaban J connectivity index is 1.70. The monoisotopic (exact) mass is 251 g/mol. The third-order valence-electron chi connectivity index (χ3n) is 2.66. The fraction of sp³-hybridized carbons (Fsp3) is 0.615. The molecule has 0 aliphatic rings. The first-order chi connectivity index (χ1) is 8.04. The molecule has 2 aromatic rings. The molecule has 0 radical (unpaired) electrons. The van der Waals surface area contributed by atoms with Gasteiger partial charge in [0.2, 0.25) is 0 Å². The molecule has 0 unspecified atom stereocenters. The van der Waals surface area contributed by atoms with Crippen molar-refractivity contribution in [3.63, 3.8) is 0 Å². The van der Waals surface area contributed by atoms with E-state index in [4.69, 9.17) is 0 Å². The Kier molecular flexibility index (Phi) is 3.84. The largest absolute Gasteiger partial charge is 0.312 e. The van der Waals surface area contributed by atoms with Crippen LogP contribution in [0.1, 0.15) is 39.3 Å². The molecule has 0 aliphatic heterocycles. The van der Waals surface area contributed by atoms with E-state index in [1.165, 1.54) is 18.5 Å². The first-order valence-corrected chi connectivity index (χ1v) is 7.09. The first-order valence-electron chi connectivity index (χ1n) is 6.21. The van der Waals surface area contributed by atoms with Gasteiger partial charge in [-0.05, 0) is 46.6 Å². The van der Waals surface area contributed by atoms with Gasteiger partial charge in [-0.2, -0.15) is 0 Å². The van der Waals surface area contributed by atoms with Gasteiger partial charge in [0, 0.05) is 23.3 Å². The molecule has 17 heavy (non-hydrogen) atoms. The number of rotatable bonds is 5. The van der Waals surface area contributed by atoms with Gasteiger partial charge in [-0.15, -0.1) is 11.3 Å². The summed E-state index contributed by atoms with van der Waals surface area (Å²) in [7, 11) is 0. The number of thiazole rings is 1. The van der Waals surface area contributed by atoms with E-state index >= 15 is 0 Å². The highest BCUT2D eigenvalue weighted by Crippen LogP contribution is 2.12. The molecule has 0 bridgehead atoms. The summed E-state index contributed by atoms with van der Waals surface area (Å²) >= 11 is 1.69. The number of aryl methyl sites for hydroxylation is 1. The Morgan fingerprint density at radius 1 is 1.35 bits per heavy atom. The zero-order valence-corrected chi connectivity index (χ0v) is 11.7. The van der Waals surface area contributed by atoms with Gasteiger partial charge >= 0.3 is 0 Å². The maximum Gasteiger partial charge on any atom is 0.193 e. The predicted octanol–water partition coefficient (Wildman–Crippen LogP) is 3.11. The Labute approximate surface area is 107 Å². The summed E-state index contributed by atoms with van der Waals surface area (Å²) in [4.78, 5) is 5.68. The summed E-state index contributed by atoms with van der Waals surface area (Å²) in [6.07, 6.45) is 7.71. The number of unbranched alkanes of at least 4 members (excludes halogenated alkanes) is 1. The van der Waals surface area contributed by atoms with Gasteiger partial charge in [0.25, 0.3) is 0 Å². The molecule has 1 N–H and O–H groups in total. The highest BCUT2D eigenvalue weighted by Gasteiger charge is 2.07. The first kappa shape index (κ1) is 12.6. The number of nitrogens with one attached hydrogen (secondary N) is 1. The highest BCUT2D eigenvalue weighted by atomic mass is 32.1. The van der Waals surface area contributed by atoms with E-state index in [0.717, 1.165) is 17.9 Å². The SMILES string of the molecule is CC(C)(C)NCCCCc1cn2ccsc2n1. The summed E-state index contributed by atoms with van der Waals surface area (Å²) in [5, 5.41) is 5.57. The molecule has 0 fully saturated rings. The summed E-state index contributed by atoms with van der Waals surface area (Å²) in [6, 6.07) is 0. The number of nitrogens with zero attached hydrogens (tertiary/aromatic N) is 2. The third-order valence-corrected chi connectivity index (χ3v) is 3.43. The van der Waals surface area contributed by atoms with Crippen molar-refractivity contribution < 1.29 is 0 Å². The topological polar surface area (TPSA) is 29.3 Å². The molecule has 0 spiro atoms. The van der Waals surface area contributed by atoms with E-state index in [1.807, 2.05) is 0 Å². The van der Waals surface area contributed by atoms with E-state index in [0.29, 0.717) is 0 Å². The zero-order valence-electron chi connectivity index (χ0n) is 10.9. The van der Waals surface area contributed by atoms with E-state index in [-0.39, 0.29) is 5.54 Å². The maximum atomic E-state index is 4.58. The predicted molar refractivity (Wildman–Crippen MR) is 73.8 cm³/mol. The normalized spacial score (nSPS) is 12.4. The van der Waals surface area contributed by atoms with E-state index in [9.17, 15) is 0 Å². The average molecular weight is 251 g/mol. The van der Waals surface area contributed by atoms with Gasteiger partial charge < -0.3 is 5.32 Å². The molecule has 0 saturated carbocycles. The average Bonchev–Trinajstić information content (AvgIpc) is 2.75. The Morgan fingerprint density at radius 3 is 2.88 bits per heavy atom. The van der Waals surface area contributed by atoms with Crippen molar-refractivity contribution in [3.8, 4) is 0 Å². The van der Waals surface area contributed by atoms with Crippen molar-refractivity contribution in [3.05, 3.63) is 23.5 Å². The maximum absolute atomic E-state index is 4.58. The van der Waals surface area contributed by atoms with Gasteiger partial charge in [0.05, 0.1) is 5.69 Å². The molecule has 0 saturated heterocycles. The van der Waals surface area contributed by atoms with Crippen LogP contribution in [0.3, 0.4) is 0 Å². The molecule has 2 aromatic heterocycles. The van der Waals surface area contributed by atoms with E-state index in [1.54, 1.807) is 11.3 Å². The number of hydrogen-bond donors (Lipinski definition) is 1. The fourth-order valence-electron chi connectivity index (χ4n) is 1.79. The Hall–Kier alpha value is -0.870. The highest BCUT2D eigenvalue weighted by molar-refractivity contribution is 7.15. The molecule has 0 atom stereocenters. The molecule has 0 aliphatic carbocycles. The summed E-state index contributed by atoms with van der Waals surface area (Å²) < 4.78 is 2.10. The molecule has 0 aromatic carbocycles. The quantitative estimate of drug-likeness (QED) is 0.827. The molecule has 0 amide bonds. The number of aromatic nitrogens is 2. The van der Waals surface area contributed by atoms with Gasteiger partial charge in [-0.1, -0.05) is 0 Å². The van der Waals surface area contributed by atoms with Crippen molar-refractivity contribution >= 4 is 16.3 Å². The van der Waals surface area contributed by atoms with Crippen molar-refractivity contribution in [1.82, 2.24) is 14.7 Å². The molecule has 94 valence electrons. The second kappa shape index (κ2) is 5.19. The lowest BCUT2D eigenvalue weighted by atomic mass is 10.1. The second-order valence-corrected chi connectivity index (χ2v) is 6.33. The minimum atomic E-state index is 0.233. The Bertz CT molecular complexity index is 436. The zero-order chi connectivity index (χ0) is 12.3. The van der Waals surface area contributed by atoms with Gasteiger partial charge in [-0.3, -0.25) is 4.40 Å². The molecule has 4 heteroatoms. The molecular formula is C13H21N3S. The summed E-state index contributed by atoms with van der Waals surface area (Å²) in [6.45, 7) is 7.70. The van der Waals surface area contributed by atoms with Crippen molar-refractivity contribution in [2.45, 2.75) is 45.6 Å². The second-order valence-electron chi connectivity index (χ2n) is 5.46. The molecule has 3 nitrogen and oxygen atoms in total. The lowest BCUT2D eigenvalue weighted by Crippen LogP contribution is -2.36. The van der Waals surface area contributed by atoms with Crippen LogP contribution in [0.15, 0.2) is 17.8 Å². The van der Waals surface area contributed by atoms with Crippen molar-refractivity contribution in [1.29, 1.82) is 0 Å². The third kappa shape index (κ3) is 3.82. The van der Waals surface area contributed by atoms with Gasteiger partial charge in [0.15, 0.2) is 4.96 Å². The number of fused-ring (bicyclic) bond motifs is 1. The minimum Gasteiger partial charge on any atom is -0.312 e. The van der Waals surface area contributed by atoms with Crippen LogP contribution in [0.25, 0.3) is 4.96 Å². The molecule has 2 rings (SSSR count). The van der Waals surface area contributed by atoms with Crippen LogP contribution in [0.5, 0.6) is 0 Å². The van der Waals surface area contributed by atoms with Gasteiger partial charge in [0.1, 0.15) is 0 Å².